The molecule has 1 aromatic carbocycles. The molecule has 130 valence electrons. The minimum absolute atomic E-state index is 0.448. The molecular weight excluding hydrogens is 332 g/mol. The van der Waals surface area contributed by atoms with Crippen LogP contribution in [0.25, 0.3) is 10.2 Å². The molecule has 4 N–H and O–H groups in total. The van der Waals surface area contributed by atoms with E-state index < -0.39 is 0 Å². The van der Waals surface area contributed by atoms with Crippen molar-refractivity contribution in [2.24, 2.45) is 0 Å². The minimum Gasteiger partial charge on any atom is -0.393 e. The van der Waals surface area contributed by atoms with Gasteiger partial charge in [-0.2, -0.15) is 0 Å². The standard InChI is InChI=1S/C18H22N6S/c1-11-7-8-13-14(9-11)25-18(23-13)24-17-15(19)16(20-10-21-17)22-12-5-3-2-4-6-12/h7-10,12H,2-6,19H2,1H3,(H2,20,21,22,23,24). The predicted octanol–water partition coefficient (Wildman–Crippen LogP) is 4.47. The average molecular weight is 354 g/mol. The van der Waals surface area contributed by atoms with Crippen LogP contribution in [0.2, 0.25) is 0 Å². The zero-order valence-corrected chi connectivity index (χ0v) is 15.1. The summed E-state index contributed by atoms with van der Waals surface area (Å²) >= 11 is 1.60. The summed E-state index contributed by atoms with van der Waals surface area (Å²) < 4.78 is 1.15. The lowest BCUT2D eigenvalue weighted by atomic mass is 9.95. The number of thiazole rings is 1. The summed E-state index contributed by atoms with van der Waals surface area (Å²) in [6, 6.07) is 6.68. The number of nitrogen functional groups attached to an aromatic ring is 1. The Morgan fingerprint density at radius 1 is 1.12 bits per heavy atom. The molecule has 0 amide bonds. The van der Waals surface area contributed by atoms with Crippen LogP contribution < -0.4 is 16.4 Å². The predicted molar refractivity (Wildman–Crippen MR) is 105 cm³/mol. The van der Waals surface area contributed by atoms with Crippen LogP contribution in [0.5, 0.6) is 0 Å². The van der Waals surface area contributed by atoms with Gasteiger partial charge in [-0.1, -0.05) is 36.7 Å². The Morgan fingerprint density at radius 2 is 1.92 bits per heavy atom. The highest BCUT2D eigenvalue weighted by molar-refractivity contribution is 7.22. The van der Waals surface area contributed by atoms with E-state index in [4.69, 9.17) is 5.73 Å². The van der Waals surface area contributed by atoms with Crippen LogP contribution in [0.15, 0.2) is 24.5 Å². The van der Waals surface area contributed by atoms with E-state index in [0.717, 1.165) is 15.3 Å². The summed E-state index contributed by atoms with van der Waals surface area (Å²) in [5.74, 6) is 1.31. The largest absolute Gasteiger partial charge is 0.393 e. The molecule has 4 rings (SSSR count). The number of hydrogen-bond acceptors (Lipinski definition) is 7. The van der Waals surface area contributed by atoms with E-state index in [1.54, 1.807) is 17.7 Å². The summed E-state index contributed by atoms with van der Waals surface area (Å²) in [4.78, 5) is 13.2. The van der Waals surface area contributed by atoms with Crippen LogP contribution in [0.4, 0.5) is 22.5 Å². The Hall–Kier alpha value is -2.41. The Morgan fingerprint density at radius 3 is 2.76 bits per heavy atom. The fraction of sp³-hybridized carbons (Fsp3) is 0.389. The summed E-state index contributed by atoms with van der Waals surface area (Å²) in [5.41, 5.74) is 9.04. The lowest BCUT2D eigenvalue weighted by Gasteiger charge is -2.24. The van der Waals surface area contributed by atoms with E-state index in [1.165, 1.54) is 37.7 Å². The average Bonchev–Trinajstić information content (AvgIpc) is 3.01. The van der Waals surface area contributed by atoms with Crippen molar-refractivity contribution in [3.8, 4) is 0 Å². The molecule has 0 unspecified atom stereocenters. The second-order valence-corrected chi connectivity index (χ2v) is 7.61. The monoisotopic (exact) mass is 354 g/mol. The van der Waals surface area contributed by atoms with Crippen molar-refractivity contribution in [1.29, 1.82) is 0 Å². The molecule has 2 aromatic heterocycles. The molecule has 7 heteroatoms. The van der Waals surface area contributed by atoms with Crippen LogP contribution in [-0.4, -0.2) is 21.0 Å². The van der Waals surface area contributed by atoms with Gasteiger partial charge in [0.1, 0.15) is 12.0 Å². The van der Waals surface area contributed by atoms with Crippen LogP contribution in [0.3, 0.4) is 0 Å². The van der Waals surface area contributed by atoms with Crippen LogP contribution in [0.1, 0.15) is 37.7 Å². The number of aryl methyl sites for hydroxylation is 1. The lowest BCUT2D eigenvalue weighted by Crippen LogP contribution is -2.23. The lowest BCUT2D eigenvalue weighted by molar-refractivity contribution is 0.462. The van der Waals surface area contributed by atoms with Gasteiger partial charge in [0.15, 0.2) is 16.8 Å². The van der Waals surface area contributed by atoms with Crippen molar-refractivity contribution in [1.82, 2.24) is 15.0 Å². The quantitative estimate of drug-likeness (QED) is 0.641. The highest BCUT2D eigenvalue weighted by Crippen LogP contribution is 2.32. The molecule has 25 heavy (non-hydrogen) atoms. The summed E-state index contributed by atoms with van der Waals surface area (Å²) in [6.45, 7) is 2.08. The highest BCUT2D eigenvalue weighted by Gasteiger charge is 2.17. The van der Waals surface area contributed by atoms with Gasteiger partial charge < -0.3 is 16.4 Å². The molecule has 2 heterocycles. The molecule has 0 spiro atoms. The van der Waals surface area contributed by atoms with Gasteiger partial charge in [-0.3, -0.25) is 0 Å². The van der Waals surface area contributed by atoms with Crippen molar-refractivity contribution >= 4 is 44.0 Å². The molecule has 6 nitrogen and oxygen atoms in total. The summed E-state index contributed by atoms with van der Waals surface area (Å²) in [5, 5.41) is 7.51. The SMILES string of the molecule is Cc1ccc2nc(Nc3ncnc(NC4CCCCC4)c3N)sc2c1. The number of nitrogens with one attached hydrogen (secondary N) is 2. The first-order valence-electron chi connectivity index (χ1n) is 8.70. The number of anilines is 4. The Bertz CT molecular complexity index is 884. The van der Waals surface area contributed by atoms with Gasteiger partial charge in [-0.15, -0.1) is 0 Å². The fourth-order valence-electron chi connectivity index (χ4n) is 3.24. The Kier molecular flexibility index (Phi) is 4.40. The number of aromatic nitrogens is 3. The van der Waals surface area contributed by atoms with Crippen molar-refractivity contribution in [2.45, 2.75) is 45.1 Å². The molecule has 1 fully saturated rings. The second-order valence-electron chi connectivity index (χ2n) is 6.58. The number of benzene rings is 1. The van der Waals surface area contributed by atoms with Gasteiger partial charge in [0.2, 0.25) is 0 Å². The van der Waals surface area contributed by atoms with Crippen LogP contribution in [0, 0.1) is 6.92 Å². The second kappa shape index (κ2) is 6.84. The van der Waals surface area contributed by atoms with E-state index in [-0.39, 0.29) is 0 Å². The van der Waals surface area contributed by atoms with Gasteiger partial charge in [0.05, 0.1) is 10.2 Å². The molecule has 3 aromatic rings. The first kappa shape index (κ1) is 16.1. The van der Waals surface area contributed by atoms with E-state index in [1.807, 2.05) is 6.07 Å². The van der Waals surface area contributed by atoms with E-state index in [9.17, 15) is 0 Å². The first-order chi connectivity index (χ1) is 12.2. The zero-order valence-electron chi connectivity index (χ0n) is 14.2. The number of nitrogens with two attached hydrogens (primary N) is 1. The molecule has 0 aliphatic heterocycles. The van der Waals surface area contributed by atoms with E-state index in [2.05, 4.69) is 44.6 Å². The molecule has 1 aliphatic rings. The molecule has 1 aliphatic carbocycles. The maximum Gasteiger partial charge on any atom is 0.189 e. The summed E-state index contributed by atoms with van der Waals surface area (Å²) in [7, 11) is 0. The van der Waals surface area contributed by atoms with Gasteiger partial charge in [-0.05, 0) is 37.5 Å². The zero-order chi connectivity index (χ0) is 17.2. The summed E-state index contributed by atoms with van der Waals surface area (Å²) in [6.07, 6.45) is 7.73. The van der Waals surface area contributed by atoms with E-state index in [0.29, 0.717) is 23.4 Å². The first-order valence-corrected chi connectivity index (χ1v) is 9.52. The van der Waals surface area contributed by atoms with Gasteiger partial charge in [0, 0.05) is 6.04 Å². The topological polar surface area (TPSA) is 88.8 Å². The number of rotatable bonds is 4. The minimum atomic E-state index is 0.448. The Labute approximate surface area is 150 Å². The fourth-order valence-corrected chi connectivity index (χ4v) is 4.20. The smallest absolute Gasteiger partial charge is 0.189 e. The van der Waals surface area contributed by atoms with Gasteiger partial charge >= 0.3 is 0 Å². The molecule has 0 saturated heterocycles. The normalized spacial score (nSPS) is 15.4. The third kappa shape index (κ3) is 3.51. The molecule has 0 atom stereocenters. The van der Waals surface area contributed by atoms with E-state index >= 15 is 0 Å². The third-order valence-corrected chi connectivity index (χ3v) is 5.53. The van der Waals surface area contributed by atoms with Crippen molar-refractivity contribution in [3.05, 3.63) is 30.1 Å². The maximum absolute atomic E-state index is 6.29. The third-order valence-electron chi connectivity index (χ3n) is 4.60. The molecular formula is C18H22N6S. The highest BCUT2D eigenvalue weighted by atomic mass is 32.1. The van der Waals surface area contributed by atoms with Crippen molar-refractivity contribution < 1.29 is 0 Å². The van der Waals surface area contributed by atoms with Gasteiger partial charge in [-0.25, -0.2) is 15.0 Å². The maximum atomic E-state index is 6.29. The number of fused-ring (bicyclic) bond motifs is 1. The Balaban J connectivity index is 1.56. The molecule has 1 saturated carbocycles. The van der Waals surface area contributed by atoms with Crippen LogP contribution >= 0.6 is 11.3 Å². The molecule has 0 bridgehead atoms. The van der Waals surface area contributed by atoms with Gasteiger partial charge in [0.25, 0.3) is 0 Å². The van der Waals surface area contributed by atoms with Crippen molar-refractivity contribution in [3.63, 3.8) is 0 Å². The van der Waals surface area contributed by atoms with Crippen molar-refractivity contribution in [2.75, 3.05) is 16.4 Å². The van der Waals surface area contributed by atoms with Crippen LogP contribution in [-0.2, 0) is 0 Å². The number of nitrogens with zero attached hydrogens (tertiary/aromatic N) is 3. The molecule has 0 radical (unpaired) electrons. The number of hydrogen-bond donors (Lipinski definition) is 3.